The Balaban J connectivity index is 1.76. The summed E-state index contributed by atoms with van der Waals surface area (Å²) in [5.74, 6) is 1.30. The van der Waals surface area contributed by atoms with Gasteiger partial charge in [0.25, 0.3) is 0 Å². The van der Waals surface area contributed by atoms with Crippen LogP contribution < -0.4 is 5.32 Å². The molecule has 3 rings (SSSR count). The van der Waals surface area contributed by atoms with E-state index >= 15 is 0 Å². The summed E-state index contributed by atoms with van der Waals surface area (Å²) in [6, 6.07) is 16.3. The lowest BCUT2D eigenvalue weighted by Crippen LogP contribution is -2.12. The average Bonchev–Trinajstić information content (AvgIpc) is 3.25. The summed E-state index contributed by atoms with van der Waals surface area (Å²) in [5, 5.41) is 14.5. The smallest absolute Gasteiger partial charge is 0.240 e. The van der Waals surface area contributed by atoms with E-state index < -0.39 is 0 Å². The Morgan fingerprint density at radius 2 is 2.09 bits per heavy atom. The fourth-order valence-corrected chi connectivity index (χ4v) is 3.11. The van der Waals surface area contributed by atoms with Gasteiger partial charge in [-0.3, -0.25) is 0 Å². The Morgan fingerprint density at radius 1 is 1.26 bits per heavy atom. The maximum atomic E-state index is 9.26. The predicted octanol–water partition coefficient (Wildman–Crippen LogP) is 4.88. The molecule has 0 bridgehead atoms. The van der Waals surface area contributed by atoms with Crippen molar-refractivity contribution >= 4 is 17.2 Å². The van der Waals surface area contributed by atoms with E-state index in [0.717, 1.165) is 11.3 Å². The maximum Gasteiger partial charge on any atom is 0.240 e. The lowest BCUT2D eigenvalue weighted by Gasteiger charge is -2.15. The Labute approximate surface area is 139 Å². The number of aromatic nitrogens is 1. The molecule has 0 spiro atoms. The highest BCUT2D eigenvalue weighted by Crippen LogP contribution is 2.29. The third kappa shape index (κ3) is 3.43. The van der Waals surface area contributed by atoms with Gasteiger partial charge in [-0.1, -0.05) is 43.3 Å². The molecule has 2 aromatic heterocycles. The summed E-state index contributed by atoms with van der Waals surface area (Å²) >= 11 is 1.54. The van der Waals surface area contributed by atoms with Gasteiger partial charge in [-0.2, -0.15) is 10.2 Å². The number of hydrogen-bond acceptors (Lipinski definition) is 5. The molecule has 0 aliphatic carbocycles. The van der Waals surface area contributed by atoms with Gasteiger partial charge in [-0.25, -0.2) is 0 Å². The van der Waals surface area contributed by atoms with Crippen LogP contribution in [0.15, 0.2) is 52.3 Å². The quantitative estimate of drug-likeness (QED) is 0.702. The Kier molecular flexibility index (Phi) is 4.74. The highest BCUT2D eigenvalue weighted by Gasteiger charge is 2.16. The first kappa shape index (κ1) is 15.3. The molecule has 23 heavy (non-hydrogen) atoms. The van der Waals surface area contributed by atoms with Gasteiger partial charge in [-0.05, 0) is 23.4 Å². The van der Waals surface area contributed by atoms with Crippen LogP contribution in [0, 0.1) is 11.3 Å². The third-order valence-corrected chi connectivity index (χ3v) is 4.60. The van der Waals surface area contributed by atoms with Crippen molar-refractivity contribution in [2.75, 3.05) is 11.9 Å². The van der Waals surface area contributed by atoms with Crippen molar-refractivity contribution in [3.8, 4) is 16.8 Å². The molecule has 1 unspecified atom stereocenters. The molecule has 0 amide bonds. The van der Waals surface area contributed by atoms with Gasteiger partial charge in [-0.15, -0.1) is 11.3 Å². The van der Waals surface area contributed by atoms with Gasteiger partial charge in [0.05, 0.1) is 4.88 Å². The van der Waals surface area contributed by atoms with Crippen molar-refractivity contribution in [2.24, 2.45) is 0 Å². The zero-order valence-corrected chi connectivity index (χ0v) is 13.6. The van der Waals surface area contributed by atoms with Crippen LogP contribution in [0.5, 0.6) is 0 Å². The molecule has 0 aliphatic rings. The number of nitriles is 1. The van der Waals surface area contributed by atoms with Gasteiger partial charge in [0.1, 0.15) is 6.07 Å². The second kappa shape index (κ2) is 7.12. The molecule has 0 fully saturated rings. The summed E-state index contributed by atoms with van der Waals surface area (Å²) in [6.45, 7) is 2.86. The lowest BCUT2D eigenvalue weighted by molar-refractivity contribution is 0.578. The van der Waals surface area contributed by atoms with E-state index in [1.165, 1.54) is 5.56 Å². The molecule has 1 N–H and O–H groups in total. The average molecular weight is 323 g/mol. The molecule has 0 saturated carbocycles. The normalized spacial score (nSPS) is 11.8. The Bertz CT molecular complexity index is 788. The number of thiophene rings is 1. The second-order valence-electron chi connectivity index (χ2n) is 5.18. The van der Waals surface area contributed by atoms with E-state index in [0.29, 0.717) is 29.9 Å². The molecule has 0 saturated heterocycles. The number of oxazole rings is 1. The summed E-state index contributed by atoms with van der Waals surface area (Å²) in [6.07, 6.45) is 1.00. The van der Waals surface area contributed by atoms with Gasteiger partial charge < -0.3 is 9.73 Å². The van der Waals surface area contributed by atoms with Crippen molar-refractivity contribution in [3.63, 3.8) is 0 Å². The first-order valence-corrected chi connectivity index (χ1v) is 8.43. The van der Waals surface area contributed by atoms with Crippen LogP contribution in [0.4, 0.5) is 5.88 Å². The van der Waals surface area contributed by atoms with E-state index in [1.807, 2.05) is 35.7 Å². The van der Waals surface area contributed by atoms with E-state index in [4.69, 9.17) is 4.42 Å². The van der Waals surface area contributed by atoms with Crippen molar-refractivity contribution in [1.29, 1.82) is 5.26 Å². The van der Waals surface area contributed by atoms with Crippen LogP contribution >= 0.6 is 11.3 Å². The fourth-order valence-electron chi connectivity index (χ4n) is 2.46. The minimum absolute atomic E-state index is 0.302. The van der Waals surface area contributed by atoms with E-state index in [1.54, 1.807) is 11.3 Å². The van der Waals surface area contributed by atoms with Crippen molar-refractivity contribution < 1.29 is 4.42 Å². The molecule has 3 aromatic rings. The van der Waals surface area contributed by atoms with Gasteiger partial charge in [0.2, 0.25) is 17.5 Å². The zero-order valence-electron chi connectivity index (χ0n) is 12.8. The molecule has 5 heteroatoms. The summed E-state index contributed by atoms with van der Waals surface area (Å²) in [5.41, 5.74) is 1.58. The number of nitrogens with zero attached hydrogens (tertiary/aromatic N) is 2. The number of nitrogens with one attached hydrogen (secondary N) is 1. The largest absolute Gasteiger partial charge is 0.418 e. The van der Waals surface area contributed by atoms with Crippen molar-refractivity contribution in [1.82, 2.24) is 4.98 Å². The molecule has 116 valence electrons. The van der Waals surface area contributed by atoms with Crippen molar-refractivity contribution in [3.05, 3.63) is 59.1 Å². The van der Waals surface area contributed by atoms with Gasteiger partial charge in [0, 0.05) is 12.5 Å². The van der Waals surface area contributed by atoms with Crippen LogP contribution in [0.1, 0.15) is 30.5 Å². The standard InChI is InChI=1S/C18H17N3OS/c1-2-13(14-7-4-3-5-8-14)12-20-17-15(11-19)21-18(22-17)16-9-6-10-23-16/h3-10,13,20H,2,12H2,1H3. The summed E-state index contributed by atoms with van der Waals surface area (Å²) < 4.78 is 5.75. The third-order valence-electron chi connectivity index (χ3n) is 3.74. The molecule has 1 atom stereocenters. The Hall–Kier alpha value is -2.58. The maximum absolute atomic E-state index is 9.26. The van der Waals surface area contributed by atoms with Crippen LogP contribution in [0.25, 0.3) is 10.8 Å². The predicted molar refractivity (Wildman–Crippen MR) is 92.5 cm³/mol. The highest BCUT2D eigenvalue weighted by molar-refractivity contribution is 7.13. The SMILES string of the molecule is CCC(CNc1oc(-c2cccs2)nc1C#N)c1ccccc1. The van der Waals surface area contributed by atoms with Crippen molar-refractivity contribution in [2.45, 2.75) is 19.3 Å². The lowest BCUT2D eigenvalue weighted by atomic mass is 9.96. The van der Waals surface area contributed by atoms with Crippen LogP contribution in [-0.4, -0.2) is 11.5 Å². The van der Waals surface area contributed by atoms with Crippen LogP contribution in [-0.2, 0) is 0 Å². The van der Waals surface area contributed by atoms with E-state index in [2.05, 4.69) is 35.4 Å². The number of anilines is 1. The monoisotopic (exact) mass is 323 g/mol. The molecule has 4 nitrogen and oxygen atoms in total. The zero-order chi connectivity index (χ0) is 16.1. The van der Waals surface area contributed by atoms with Crippen LogP contribution in [0.2, 0.25) is 0 Å². The van der Waals surface area contributed by atoms with E-state index in [-0.39, 0.29) is 0 Å². The number of benzene rings is 1. The molecule has 1 aromatic carbocycles. The summed E-state index contributed by atoms with van der Waals surface area (Å²) in [4.78, 5) is 5.19. The molecule has 2 heterocycles. The number of rotatable bonds is 6. The fraction of sp³-hybridized carbons (Fsp3) is 0.222. The van der Waals surface area contributed by atoms with Crippen LogP contribution in [0.3, 0.4) is 0 Å². The molecular weight excluding hydrogens is 306 g/mol. The topological polar surface area (TPSA) is 61.9 Å². The highest BCUT2D eigenvalue weighted by atomic mass is 32.1. The number of hydrogen-bond donors (Lipinski definition) is 1. The van der Waals surface area contributed by atoms with Gasteiger partial charge >= 0.3 is 0 Å². The minimum Gasteiger partial charge on any atom is -0.418 e. The molecular formula is C18H17N3OS. The minimum atomic E-state index is 0.302. The van der Waals surface area contributed by atoms with Gasteiger partial charge in [0.15, 0.2) is 0 Å². The Morgan fingerprint density at radius 3 is 2.74 bits per heavy atom. The summed E-state index contributed by atoms with van der Waals surface area (Å²) in [7, 11) is 0. The molecule has 0 radical (unpaired) electrons. The first-order chi connectivity index (χ1) is 11.3. The molecule has 0 aliphatic heterocycles. The second-order valence-corrected chi connectivity index (χ2v) is 6.13. The first-order valence-electron chi connectivity index (χ1n) is 7.55. The van der Waals surface area contributed by atoms with E-state index in [9.17, 15) is 5.26 Å².